The number of urea groups is 1. The van der Waals surface area contributed by atoms with Crippen molar-refractivity contribution < 1.29 is 9.18 Å². The first kappa shape index (κ1) is 19.0. The first-order valence-corrected chi connectivity index (χ1v) is 9.44. The molecule has 0 aliphatic rings. The van der Waals surface area contributed by atoms with Gasteiger partial charge < -0.3 is 5.32 Å². The summed E-state index contributed by atoms with van der Waals surface area (Å²) in [6, 6.07) is 7.05. The minimum Gasteiger partial charge on any atom is -0.326 e. The molecule has 3 aromatic rings. The lowest BCUT2D eigenvalue weighted by Gasteiger charge is -2.23. The number of carbonyl (C=O) groups is 1. The maximum Gasteiger partial charge on any atom is 0.332 e. The number of carbonyl (C=O) groups excluding carboxylic acids is 1. The molecule has 0 fully saturated rings. The van der Waals surface area contributed by atoms with Crippen molar-refractivity contribution in [1.29, 1.82) is 0 Å². The average Bonchev–Trinajstić information content (AvgIpc) is 3.18. The smallest absolute Gasteiger partial charge is 0.326 e. The highest BCUT2D eigenvalue weighted by Gasteiger charge is 2.23. The van der Waals surface area contributed by atoms with Crippen molar-refractivity contribution in [1.82, 2.24) is 10.3 Å². The Balaban J connectivity index is 1.88. The molecule has 1 unspecified atom stereocenters. The van der Waals surface area contributed by atoms with E-state index in [0.29, 0.717) is 0 Å². The van der Waals surface area contributed by atoms with E-state index in [0.717, 1.165) is 21.5 Å². The second-order valence-electron chi connectivity index (χ2n) is 5.23. The Bertz CT molecular complexity index is 910. The lowest BCUT2D eigenvalue weighted by Crippen LogP contribution is -2.37. The molecule has 9 heteroatoms. The van der Waals surface area contributed by atoms with Crippen molar-refractivity contribution in [3.8, 4) is 0 Å². The van der Waals surface area contributed by atoms with Crippen LogP contribution in [0.4, 0.5) is 14.9 Å². The zero-order valence-corrected chi connectivity index (χ0v) is 16.3. The highest BCUT2D eigenvalue weighted by atomic mass is 35.5. The third kappa shape index (κ3) is 3.96. The summed E-state index contributed by atoms with van der Waals surface area (Å²) in [5.74, 6) is -0.672. The standard InChI is InChI=1S/C17H12Cl2FN3OS2/c18-14-12(20)3-4-13(15(14)19)23(25)17(24)22-16(11-5-7-26-9-11)10-2-1-6-21-8-10/h1-9,16,25H,(H,22,24). The van der Waals surface area contributed by atoms with Gasteiger partial charge in [-0.25, -0.2) is 13.5 Å². The molecule has 3 rings (SSSR count). The van der Waals surface area contributed by atoms with Crippen molar-refractivity contribution in [2.75, 3.05) is 4.31 Å². The van der Waals surface area contributed by atoms with Crippen LogP contribution in [0.2, 0.25) is 10.0 Å². The van der Waals surface area contributed by atoms with Gasteiger partial charge in [-0.3, -0.25) is 4.98 Å². The van der Waals surface area contributed by atoms with Crippen molar-refractivity contribution >= 4 is 59.1 Å². The van der Waals surface area contributed by atoms with Crippen molar-refractivity contribution in [2.45, 2.75) is 6.04 Å². The van der Waals surface area contributed by atoms with Crippen molar-refractivity contribution in [3.05, 3.63) is 80.5 Å². The number of nitrogens with one attached hydrogen (secondary N) is 1. The number of anilines is 1. The summed E-state index contributed by atoms with van der Waals surface area (Å²) < 4.78 is 14.5. The summed E-state index contributed by atoms with van der Waals surface area (Å²) in [7, 11) is 0. The molecule has 0 aliphatic carbocycles. The number of thiophene rings is 1. The van der Waals surface area contributed by atoms with Gasteiger partial charge in [0.2, 0.25) is 0 Å². The summed E-state index contributed by atoms with van der Waals surface area (Å²) in [5.41, 5.74) is 1.89. The van der Waals surface area contributed by atoms with Crippen LogP contribution in [0.1, 0.15) is 17.2 Å². The monoisotopic (exact) mass is 427 g/mol. The zero-order valence-electron chi connectivity index (χ0n) is 13.1. The first-order valence-electron chi connectivity index (χ1n) is 7.34. The Kier molecular flexibility index (Phi) is 6.03. The Morgan fingerprint density at radius 2 is 2.04 bits per heavy atom. The fraction of sp³-hybridized carbons (Fsp3) is 0.0588. The molecule has 1 atom stereocenters. The van der Waals surface area contributed by atoms with Crippen LogP contribution in [0, 0.1) is 5.82 Å². The number of hydrogen-bond acceptors (Lipinski definition) is 4. The van der Waals surface area contributed by atoms with Gasteiger partial charge in [0.1, 0.15) is 5.82 Å². The number of benzene rings is 1. The normalized spacial score (nSPS) is 11.8. The van der Waals surface area contributed by atoms with Gasteiger partial charge in [0.05, 0.1) is 21.8 Å². The van der Waals surface area contributed by atoms with Crippen LogP contribution in [0.5, 0.6) is 0 Å². The summed E-state index contributed by atoms with van der Waals surface area (Å²) in [5, 5.41) is 6.37. The maximum absolute atomic E-state index is 13.5. The molecule has 0 aliphatic heterocycles. The highest BCUT2D eigenvalue weighted by molar-refractivity contribution is 7.82. The topological polar surface area (TPSA) is 45.2 Å². The van der Waals surface area contributed by atoms with E-state index in [-0.39, 0.29) is 15.7 Å². The number of rotatable bonds is 4. The van der Waals surface area contributed by atoms with Crippen LogP contribution in [0.3, 0.4) is 0 Å². The molecule has 1 N–H and O–H groups in total. The second-order valence-corrected chi connectivity index (χ2v) is 7.17. The SMILES string of the molecule is O=C(NC(c1cccnc1)c1ccsc1)N(S)c1ccc(F)c(Cl)c1Cl. The minimum atomic E-state index is -0.672. The molecule has 0 saturated heterocycles. The van der Waals surface area contributed by atoms with Crippen LogP contribution in [0.15, 0.2) is 53.5 Å². The van der Waals surface area contributed by atoms with E-state index in [1.807, 2.05) is 22.9 Å². The van der Waals surface area contributed by atoms with E-state index in [1.54, 1.807) is 18.5 Å². The maximum atomic E-state index is 13.5. The van der Waals surface area contributed by atoms with Crippen molar-refractivity contribution in [3.63, 3.8) is 0 Å². The number of pyridine rings is 1. The number of thiol groups is 1. The Labute approximate surface area is 169 Å². The predicted octanol–water partition coefficient (Wildman–Crippen LogP) is 5.74. The number of hydrogen-bond donors (Lipinski definition) is 2. The van der Waals surface area contributed by atoms with E-state index in [1.165, 1.54) is 17.4 Å². The molecule has 26 heavy (non-hydrogen) atoms. The lowest BCUT2D eigenvalue weighted by molar-refractivity contribution is 0.248. The van der Waals surface area contributed by atoms with Gasteiger partial charge >= 0.3 is 6.03 Å². The Hall–Kier alpha value is -1.80. The number of halogens is 3. The van der Waals surface area contributed by atoms with Gasteiger partial charge in [-0.15, -0.1) is 0 Å². The highest BCUT2D eigenvalue weighted by Crippen LogP contribution is 2.35. The van der Waals surface area contributed by atoms with E-state index >= 15 is 0 Å². The summed E-state index contributed by atoms with van der Waals surface area (Å²) >= 11 is 17.6. The van der Waals surface area contributed by atoms with E-state index in [2.05, 4.69) is 23.1 Å². The molecular weight excluding hydrogens is 416 g/mol. The van der Waals surface area contributed by atoms with E-state index in [4.69, 9.17) is 23.2 Å². The molecule has 0 spiro atoms. The molecule has 4 nitrogen and oxygen atoms in total. The molecule has 0 bridgehead atoms. The molecule has 1 aromatic carbocycles. The van der Waals surface area contributed by atoms with Gasteiger partial charge in [-0.05, 0) is 46.2 Å². The van der Waals surface area contributed by atoms with Gasteiger partial charge in [-0.1, -0.05) is 42.1 Å². The Morgan fingerprint density at radius 3 is 2.69 bits per heavy atom. The molecule has 2 aromatic heterocycles. The third-order valence-electron chi connectivity index (χ3n) is 3.60. The van der Waals surface area contributed by atoms with Crippen molar-refractivity contribution in [2.24, 2.45) is 0 Å². The van der Waals surface area contributed by atoms with Gasteiger partial charge in [-0.2, -0.15) is 11.3 Å². The fourth-order valence-electron chi connectivity index (χ4n) is 2.32. The van der Waals surface area contributed by atoms with Gasteiger partial charge in [0, 0.05) is 12.4 Å². The fourth-order valence-corrected chi connectivity index (χ4v) is 3.69. The second kappa shape index (κ2) is 8.26. The largest absolute Gasteiger partial charge is 0.332 e. The predicted molar refractivity (Wildman–Crippen MR) is 107 cm³/mol. The van der Waals surface area contributed by atoms with Crippen LogP contribution in [-0.4, -0.2) is 11.0 Å². The van der Waals surface area contributed by atoms with Gasteiger partial charge in [0.25, 0.3) is 0 Å². The summed E-state index contributed by atoms with van der Waals surface area (Å²) in [6.07, 6.45) is 3.33. The third-order valence-corrected chi connectivity index (χ3v) is 5.54. The van der Waals surface area contributed by atoms with Crippen LogP contribution in [0.25, 0.3) is 0 Å². The molecular formula is C17H12Cl2FN3OS2. The number of amides is 2. The molecule has 134 valence electrons. The summed E-state index contributed by atoms with van der Waals surface area (Å²) in [4.78, 5) is 16.8. The molecule has 2 heterocycles. The van der Waals surface area contributed by atoms with E-state index < -0.39 is 17.9 Å². The Morgan fingerprint density at radius 1 is 1.23 bits per heavy atom. The minimum absolute atomic E-state index is 0.0923. The zero-order chi connectivity index (χ0) is 18.7. The quantitative estimate of drug-likeness (QED) is 0.411. The lowest BCUT2D eigenvalue weighted by atomic mass is 10.0. The van der Waals surface area contributed by atoms with Crippen LogP contribution < -0.4 is 9.62 Å². The van der Waals surface area contributed by atoms with Crippen LogP contribution >= 0.6 is 47.4 Å². The average molecular weight is 428 g/mol. The number of aromatic nitrogens is 1. The summed E-state index contributed by atoms with van der Waals surface area (Å²) in [6.45, 7) is 0. The van der Waals surface area contributed by atoms with Crippen LogP contribution in [-0.2, 0) is 0 Å². The molecule has 0 saturated carbocycles. The molecule has 2 amide bonds. The molecule has 0 radical (unpaired) electrons. The van der Waals surface area contributed by atoms with Gasteiger partial charge in [0.15, 0.2) is 0 Å². The number of nitrogens with zero attached hydrogens (tertiary/aromatic N) is 2. The van der Waals surface area contributed by atoms with E-state index in [9.17, 15) is 9.18 Å². The first-order chi connectivity index (χ1) is 12.5.